The Morgan fingerprint density at radius 3 is 2.88 bits per heavy atom. The van der Waals surface area contributed by atoms with Crippen molar-refractivity contribution in [1.29, 1.82) is 0 Å². The minimum Gasteiger partial charge on any atom is -0.481 e. The number of rotatable bonds is 6. The fourth-order valence-corrected chi connectivity index (χ4v) is 2.65. The Morgan fingerprint density at radius 1 is 1.28 bits per heavy atom. The second-order valence-corrected chi connectivity index (χ2v) is 6.37. The smallest absolute Gasteiger partial charge is 0.253 e. The molecule has 1 N–H and O–H groups in total. The van der Waals surface area contributed by atoms with Crippen LogP contribution in [-0.2, 0) is 6.42 Å². The molecule has 5 heteroatoms. The van der Waals surface area contributed by atoms with Gasteiger partial charge in [-0.25, -0.2) is 0 Å². The molecule has 3 nitrogen and oxygen atoms in total. The quantitative estimate of drug-likeness (QED) is 0.548. The second kappa shape index (κ2) is 9.93. The molecule has 0 radical (unpaired) electrons. The highest BCUT2D eigenvalue weighted by molar-refractivity contribution is 9.10. The first-order valence-corrected chi connectivity index (χ1v) is 8.79. The molecule has 128 valence electrons. The molecule has 0 fully saturated rings. The number of nitrogens with one attached hydrogen (secondary N) is 1. The number of halogens is 2. The fourth-order valence-electron chi connectivity index (χ4n) is 2.09. The summed E-state index contributed by atoms with van der Waals surface area (Å²) in [6.45, 7) is 4.21. The number of amides is 1. The van der Waals surface area contributed by atoms with Crippen LogP contribution in [-0.4, -0.2) is 19.1 Å². The summed E-state index contributed by atoms with van der Waals surface area (Å²) in [5.41, 5.74) is 1.48. The van der Waals surface area contributed by atoms with Gasteiger partial charge in [0.25, 0.3) is 5.91 Å². The SMILES string of the molecule is C=CCc1ccccc1OCC#CCNC(=O)c1cc(Br)ccc1Cl. The molecule has 2 aromatic carbocycles. The Bertz CT molecular complexity index is 824. The average Bonchev–Trinajstić information content (AvgIpc) is 2.61. The van der Waals surface area contributed by atoms with Crippen molar-refractivity contribution in [3.05, 3.63) is 75.7 Å². The number of benzene rings is 2. The summed E-state index contributed by atoms with van der Waals surface area (Å²) in [5, 5.41) is 3.11. The Hall–Kier alpha value is -2.22. The van der Waals surface area contributed by atoms with Crippen molar-refractivity contribution >= 4 is 33.4 Å². The van der Waals surface area contributed by atoms with E-state index in [0.29, 0.717) is 10.6 Å². The third-order valence-electron chi connectivity index (χ3n) is 3.27. The maximum Gasteiger partial charge on any atom is 0.253 e. The summed E-state index contributed by atoms with van der Waals surface area (Å²) < 4.78 is 6.45. The lowest BCUT2D eigenvalue weighted by Gasteiger charge is -2.07. The van der Waals surface area contributed by atoms with Crippen molar-refractivity contribution in [1.82, 2.24) is 5.32 Å². The highest BCUT2D eigenvalue weighted by atomic mass is 79.9. The van der Waals surface area contributed by atoms with Crippen LogP contribution in [0, 0.1) is 11.8 Å². The molecule has 0 spiro atoms. The molecular formula is C20H17BrClNO2. The predicted molar refractivity (Wildman–Crippen MR) is 105 cm³/mol. The van der Waals surface area contributed by atoms with Gasteiger partial charge in [0.15, 0.2) is 0 Å². The first kappa shape index (κ1) is 19.1. The van der Waals surface area contributed by atoms with Gasteiger partial charge in [0.1, 0.15) is 12.4 Å². The van der Waals surface area contributed by atoms with E-state index in [2.05, 4.69) is 39.7 Å². The van der Waals surface area contributed by atoms with E-state index >= 15 is 0 Å². The lowest BCUT2D eigenvalue weighted by atomic mass is 10.1. The minimum atomic E-state index is -0.266. The molecule has 0 heterocycles. The van der Waals surface area contributed by atoms with Crippen LogP contribution in [0.2, 0.25) is 5.02 Å². The van der Waals surface area contributed by atoms with Crippen LogP contribution >= 0.6 is 27.5 Å². The molecule has 0 atom stereocenters. The number of hydrogen-bond acceptors (Lipinski definition) is 2. The van der Waals surface area contributed by atoms with E-state index in [9.17, 15) is 4.79 Å². The summed E-state index contributed by atoms with van der Waals surface area (Å²) in [7, 11) is 0. The summed E-state index contributed by atoms with van der Waals surface area (Å²) in [4.78, 5) is 12.1. The van der Waals surface area contributed by atoms with E-state index in [1.54, 1.807) is 18.2 Å². The van der Waals surface area contributed by atoms with E-state index in [0.717, 1.165) is 22.2 Å². The number of carbonyl (C=O) groups is 1. The molecular weight excluding hydrogens is 402 g/mol. The molecule has 0 aliphatic carbocycles. The third kappa shape index (κ3) is 5.97. The molecule has 2 aromatic rings. The van der Waals surface area contributed by atoms with E-state index in [-0.39, 0.29) is 19.1 Å². The van der Waals surface area contributed by atoms with Crippen LogP contribution < -0.4 is 10.1 Å². The van der Waals surface area contributed by atoms with Crippen molar-refractivity contribution in [2.24, 2.45) is 0 Å². The highest BCUT2D eigenvalue weighted by Crippen LogP contribution is 2.21. The van der Waals surface area contributed by atoms with E-state index in [1.165, 1.54) is 0 Å². The molecule has 2 rings (SSSR count). The van der Waals surface area contributed by atoms with Crippen molar-refractivity contribution in [2.75, 3.05) is 13.2 Å². The van der Waals surface area contributed by atoms with Gasteiger partial charge in [-0.05, 0) is 36.2 Å². The predicted octanol–water partition coefficient (Wildman–Crippen LogP) is 4.64. The van der Waals surface area contributed by atoms with E-state index < -0.39 is 0 Å². The molecule has 0 unspecified atom stereocenters. The van der Waals surface area contributed by atoms with Crippen molar-refractivity contribution < 1.29 is 9.53 Å². The number of hydrogen-bond donors (Lipinski definition) is 1. The number of ether oxygens (including phenoxy) is 1. The first-order chi connectivity index (χ1) is 12.1. The molecule has 0 saturated carbocycles. The van der Waals surface area contributed by atoms with Gasteiger partial charge in [-0.1, -0.05) is 63.6 Å². The van der Waals surface area contributed by atoms with Gasteiger partial charge >= 0.3 is 0 Å². The van der Waals surface area contributed by atoms with Gasteiger partial charge in [0.2, 0.25) is 0 Å². The molecule has 0 saturated heterocycles. The van der Waals surface area contributed by atoms with Crippen molar-refractivity contribution in [3.63, 3.8) is 0 Å². The highest BCUT2D eigenvalue weighted by Gasteiger charge is 2.09. The zero-order chi connectivity index (χ0) is 18.1. The van der Waals surface area contributed by atoms with Gasteiger partial charge in [0, 0.05) is 4.47 Å². The van der Waals surface area contributed by atoms with Gasteiger partial charge in [-0.3, -0.25) is 4.79 Å². The zero-order valence-electron chi connectivity index (χ0n) is 13.5. The lowest BCUT2D eigenvalue weighted by molar-refractivity contribution is 0.0959. The summed E-state index contributed by atoms with van der Waals surface area (Å²) in [6, 6.07) is 12.9. The normalized spacial score (nSPS) is 9.68. The zero-order valence-corrected chi connectivity index (χ0v) is 15.9. The largest absolute Gasteiger partial charge is 0.481 e. The van der Waals surface area contributed by atoms with E-state index in [4.69, 9.17) is 16.3 Å². The summed E-state index contributed by atoms with van der Waals surface area (Å²) in [5.74, 6) is 6.27. The molecule has 1 amide bonds. The minimum absolute atomic E-state index is 0.222. The van der Waals surface area contributed by atoms with Crippen molar-refractivity contribution in [3.8, 4) is 17.6 Å². The molecule has 25 heavy (non-hydrogen) atoms. The van der Waals surface area contributed by atoms with Gasteiger partial charge in [-0.2, -0.15) is 0 Å². The van der Waals surface area contributed by atoms with Crippen LogP contribution in [0.5, 0.6) is 5.75 Å². The first-order valence-electron chi connectivity index (χ1n) is 7.62. The average molecular weight is 419 g/mol. The summed E-state index contributed by atoms with van der Waals surface area (Å²) in [6.07, 6.45) is 2.57. The van der Waals surface area contributed by atoms with Crippen LogP contribution in [0.15, 0.2) is 59.6 Å². The van der Waals surface area contributed by atoms with Crippen LogP contribution in [0.3, 0.4) is 0 Å². The topological polar surface area (TPSA) is 38.3 Å². The van der Waals surface area contributed by atoms with Crippen LogP contribution in [0.4, 0.5) is 0 Å². The molecule has 0 bridgehead atoms. The molecule has 0 aromatic heterocycles. The van der Waals surface area contributed by atoms with Crippen LogP contribution in [0.25, 0.3) is 0 Å². The number of carbonyl (C=O) groups excluding carboxylic acids is 1. The fraction of sp³-hybridized carbons (Fsp3) is 0.150. The van der Waals surface area contributed by atoms with Gasteiger partial charge in [0.05, 0.1) is 17.1 Å². The van der Waals surface area contributed by atoms with Crippen LogP contribution in [0.1, 0.15) is 15.9 Å². The van der Waals surface area contributed by atoms with Gasteiger partial charge < -0.3 is 10.1 Å². The van der Waals surface area contributed by atoms with Crippen molar-refractivity contribution in [2.45, 2.75) is 6.42 Å². The standard InChI is InChI=1S/C20H17BrClNO2/c1-2-7-15-8-3-4-9-19(15)25-13-6-5-12-23-20(24)17-14-16(21)10-11-18(17)22/h2-4,8-11,14H,1,7,12-13H2,(H,23,24). The summed E-state index contributed by atoms with van der Waals surface area (Å²) >= 11 is 9.33. The second-order valence-electron chi connectivity index (χ2n) is 5.05. The van der Waals surface area contributed by atoms with Gasteiger partial charge in [-0.15, -0.1) is 6.58 Å². The Labute approximate surface area is 161 Å². The lowest BCUT2D eigenvalue weighted by Crippen LogP contribution is -2.24. The number of para-hydroxylation sites is 1. The van der Waals surface area contributed by atoms with E-state index in [1.807, 2.05) is 30.3 Å². The maximum atomic E-state index is 12.1. The monoisotopic (exact) mass is 417 g/mol. The third-order valence-corrected chi connectivity index (χ3v) is 4.09. The Morgan fingerprint density at radius 2 is 2.08 bits per heavy atom. The number of allylic oxidation sites excluding steroid dienone is 1. The Kier molecular flexibility index (Phi) is 7.59. The maximum absolute atomic E-state index is 12.1. The Balaban J connectivity index is 1.82. The molecule has 0 aliphatic heterocycles. The molecule has 0 aliphatic rings.